The highest BCUT2D eigenvalue weighted by molar-refractivity contribution is 7.89. The van der Waals surface area contributed by atoms with Crippen LogP contribution in [0.3, 0.4) is 0 Å². The summed E-state index contributed by atoms with van der Waals surface area (Å²) in [7, 11) is -3.57. The zero-order chi connectivity index (χ0) is 21.1. The molecule has 1 fully saturated rings. The van der Waals surface area contributed by atoms with Crippen molar-refractivity contribution >= 4 is 15.9 Å². The molecule has 2 aliphatic heterocycles. The van der Waals surface area contributed by atoms with Gasteiger partial charge in [0.2, 0.25) is 10.0 Å². The Kier molecular flexibility index (Phi) is 5.97. The summed E-state index contributed by atoms with van der Waals surface area (Å²) in [6.07, 6.45) is 1.45. The molecule has 2 heterocycles. The maximum atomic E-state index is 13.1. The van der Waals surface area contributed by atoms with Gasteiger partial charge in [0.25, 0.3) is 5.91 Å². The highest BCUT2D eigenvalue weighted by Crippen LogP contribution is 2.31. The second kappa shape index (κ2) is 8.65. The number of rotatable bonds is 6. The minimum absolute atomic E-state index is 0.164. The Morgan fingerprint density at radius 1 is 1.10 bits per heavy atom. The number of nitrogens with zero attached hydrogens (tertiary/aromatic N) is 2. The number of carbonyl (C=O) groups excluding carboxylic acids is 1. The average Bonchev–Trinajstić information content (AvgIpc) is 3.33. The van der Waals surface area contributed by atoms with Crippen molar-refractivity contribution in [2.24, 2.45) is 0 Å². The minimum Gasteiger partial charge on any atom is -0.486 e. The number of amides is 1. The second-order valence-electron chi connectivity index (χ2n) is 7.48. The van der Waals surface area contributed by atoms with Crippen LogP contribution in [0, 0.1) is 0 Å². The fraction of sp³-hybridized carbons (Fsp3) is 0.409. The van der Waals surface area contributed by atoms with Crippen LogP contribution in [-0.4, -0.2) is 62.4 Å². The maximum absolute atomic E-state index is 13.1. The van der Waals surface area contributed by atoms with E-state index in [-0.39, 0.29) is 16.9 Å². The van der Waals surface area contributed by atoms with Crippen LogP contribution in [0.1, 0.15) is 30.1 Å². The molecule has 0 saturated carbocycles. The van der Waals surface area contributed by atoms with E-state index in [2.05, 4.69) is 0 Å². The van der Waals surface area contributed by atoms with Crippen molar-refractivity contribution in [3.8, 4) is 11.5 Å². The first-order chi connectivity index (χ1) is 14.5. The molecule has 1 unspecified atom stereocenters. The molecule has 0 spiro atoms. The Bertz CT molecular complexity index is 1020. The predicted molar refractivity (Wildman–Crippen MR) is 112 cm³/mol. The number of para-hydroxylation sites is 2. The van der Waals surface area contributed by atoms with E-state index in [0.717, 1.165) is 12.8 Å². The Morgan fingerprint density at radius 3 is 2.57 bits per heavy atom. The van der Waals surface area contributed by atoms with E-state index in [9.17, 15) is 13.2 Å². The summed E-state index contributed by atoms with van der Waals surface area (Å²) in [6, 6.07) is 13.8. The summed E-state index contributed by atoms with van der Waals surface area (Å²) in [5.74, 6) is 1.14. The lowest BCUT2D eigenvalue weighted by Crippen LogP contribution is -2.43. The first-order valence-electron chi connectivity index (χ1n) is 10.3. The van der Waals surface area contributed by atoms with E-state index >= 15 is 0 Å². The Balaban J connectivity index is 1.49. The number of carbonyl (C=O) groups is 1. The van der Waals surface area contributed by atoms with Gasteiger partial charge >= 0.3 is 0 Å². The van der Waals surface area contributed by atoms with Gasteiger partial charge in [0.1, 0.15) is 6.61 Å². The van der Waals surface area contributed by atoms with Crippen molar-refractivity contribution in [3.05, 3.63) is 54.1 Å². The molecule has 0 N–H and O–H groups in total. The molecular weight excluding hydrogens is 404 g/mol. The summed E-state index contributed by atoms with van der Waals surface area (Å²) in [5.41, 5.74) is 0.356. The van der Waals surface area contributed by atoms with Gasteiger partial charge in [-0.1, -0.05) is 18.2 Å². The molecule has 1 saturated heterocycles. The van der Waals surface area contributed by atoms with Crippen LogP contribution >= 0.6 is 0 Å². The zero-order valence-corrected chi connectivity index (χ0v) is 17.8. The maximum Gasteiger partial charge on any atom is 0.254 e. The van der Waals surface area contributed by atoms with Crippen molar-refractivity contribution < 1.29 is 22.7 Å². The van der Waals surface area contributed by atoms with Crippen LogP contribution in [0.2, 0.25) is 0 Å². The van der Waals surface area contributed by atoms with Gasteiger partial charge in [0.15, 0.2) is 17.6 Å². The number of sulfonamides is 1. The summed E-state index contributed by atoms with van der Waals surface area (Å²) in [6.45, 7) is 4.13. The van der Waals surface area contributed by atoms with Gasteiger partial charge in [-0.25, -0.2) is 8.42 Å². The van der Waals surface area contributed by atoms with Gasteiger partial charge in [-0.2, -0.15) is 4.31 Å². The Labute approximate surface area is 177 Å². The number of hydrogen-bond acceptors (Lipinski definition) is 5. The van der Waals surface area contributed by atoms with Gasteiger partial charge in [-0.3, -0.25) is 4.79 Å². The summed E-state index contributed by atoms with van der Waals surface area (Å²) in [5, 5.41) is 0. The van der Waals surface area contributed by atoms with E-state index in [4.69, 9.17) is 9.47 Å². The molecule has 30 heavy (non-hydrogen) atoms. The smallest absolute Gasteiger partial charge is 0.254 e. The van der Waals surface area contributed by atoms with Crippen LogP contribution in [0.5, 0.6) is 11.5 Å². The number of likely N-dealkylation sites (N-methyl/N-ethyl adjacent to an activating group) is 1. The predicted octanol–water partition coefficient (Wildman–Crippen LogP) is 2.77. The lowest BCUT2D eigenvalue weighted by molar-refractivity contribution is 0.0475. The van der Waals surface area contributed by atoms with Gasteiger partial charge in [0.05, 0.1) is 11.4 Å². The third kappa shape index (κ3) is 4.15. The second-order valence-corrected chi connectivity index (χ2v) is 9.42. The van der Waals surface area contributed by atoms with Crippen LogP contribution < -0.4 is 9.47 Å². The SMILES string of the molecule is CCN(CC1COc2ccccc2O1)C(=O)c1cccc(S(=O)(=O)N2CCCC2)c1. The third-order valence-electron chi connectivity index (χ3n) is 5.44. The molecule has 2 aromatic rings. The highest BCUT2D eigenvalue weighted by atomic mass is 32.2. The lowest BCUT2D eigenvalue weighted by atomic mass is 10.2. The van der Waals surface area contributed by atoms with Gasteiger partial charge in [-0.15, -0.1) is 0 Å². The summed E-state index contributed by atoms with van der Waals surface area (Å²) in [4.78, 5) is 14.9. The summed E-state index contributed by atoms with van der Waals surface area (Å²) < 4.78 is 38.9. The molecule has 0 aromatic heterocycles. The fourth-order valence-electron chi connectivity index (χ4n) is 3.80. The number of ether oxygens (including phenoxy) is 2. The molecule has 1 atom stereocenters. The van der Waals surface area contributed by atoms with Crippen molar-refractivity contribution in [2.75, 3.05) is 32.8 Å². The van der Waals surface area contributed by atoms with Crippen molar-refractivity contribution in [2.45, 2.75) is 30.8 Å². The molecule has 160 valence electrons. The average molecular weight is 431 g/mol. The summed E-state index contributed by atoms with van der Waals surface area (Å²) >= 11 is 0. The van der Waals surface area contributed by atoms with Crippen molar-refractivity contribution in [1.29, 1.82) is 0 Å². The molecule has 0 bridgehead atoms. The van der Waals surface area contributed by atoms with Crippen LogP contribution in [-0.2, 0) is 10.0 Å². The van der Waals surface area contributed by atoms with Crippen LogP contribution in [0.25, 0.3) is 0 Å². The van der Waals surface area contributed by atoms with E-state index in [1.807, 2.05) is 31.2 Å². The quantitative estimate of drug-likeness (QED) is 0.704. The van der Waals surface area contributed by atoms with Gasteiger partial charge < -0.3 is 14.4 Å². The first-order valence-corrected chi connectivity index (χ1v) is 11.7. The number of hydrogen-bond donors (Lipinski definition) is 0. The van der Waals surface area contributed by atoms with Crippen LogP contribution in [0.4, 0.5) is 0 Å². The largest absolute Gasteiger partial charge is 0.486 e. The van der Waals surface area contributed by atoms with E-state index in [1.165, 1.54) is 10.4 Å². The molecule has 4 rings (SSSR count). The minimum atomic E-state index is -3.57. The Hall–Kier alpha value is -2.58. The molecule has 2 aromatic carbocycles. The third-order valence-corrected chi connectivity index (χ3v) is 7.34. The molecule has 0 aliphatic carbocycles. The molecule has 7 nitrogen and oxygen atoms in total. The standard InChI is InChI=1S/C22H26N2O5S/c1-2-23(15-18-16-28-20-10-3-4-11-21(20)29-18)22(25)17-8-7-9-19(14-17)30(26,27)24-12-5-6-13-24/h3-4,7-11,14,18H,2,5-6,12-13,15-16H2,1H3. The van der Waals surface area contributed by atoms with E-state index in [0.29, 0.717) is 49.8 Å². The number of fused-ring (bicyclic) bond motifs is 1. The number of benzene rings is 2. The normalized spacial score (nSPS) is 18.9. The van der Waals surface area contributed by atoms with Gasteiger partial charge in [0, 0.05) is 25.2 Å². The van der Waals surface area contributed by atoms with Gasteiger partial charge in [-0.05, 0) is 50.1 Å². The highest BCUT2D eigenvalue weighted by Gasteiger charge is 2.29. The molecule has 2 aliphatic rings. The first kappa shape index (κ1) is 20.7. The van der Waals surface area contributed by atoms with E-state index < -0.39 is 10.0 Å². The van der Waals surface area contributed by atoms with E-state index in [1.54, 1.807) is 23.1 Å². The lowest BCUT2D eigenvalue weighted by Gasteiger charge is -2.31. The molecular formula is C22H26N2O5S. The molecule has 8 heteroatoms. The van der Waals surface area contributed by atoms with Crippen molar-refractivity contribution in [3.63, 3.8) is 0 Å². The monoisotopic (exact) mass is 430 g/mol. The van der Waals surface area contributed by atoms with Crippen molar-refractivity contribution in [1.82, 2.24) is 9.21 Å². The Morgan fingerprint density at radius 2 is 1.83 bits per heavy atom. The topological polar surface area (TPSA) is 76.1 Å². The zero-order valence-electron chi connectivity index (χ0n) is 17.0. The fourth-order valence-corrected chi connectivity index (χ4v) is 5.37. The van der Waals surface area contributed by atoms with Crippen LogP contribution in [0.15, 0.2) is 53.4 Å². The molecule has 0 radical (unpaired) electrons. The molecule has 1 amide bonds.